The van der Waals surface area contributed by atoms with Gasteiger partial charge in [0.15, 0.2) is 0 Å². The molecule has 0 aliphatic rings. The van der Waals surface area contributed by atoms with E-state index >= 15 is 0 Å². The number of anilines is 2. The standard InChI is InChI=1S/C14H14N4O2/c1-9-5-7-15-11(8-9)17-13(19)14(20)18-12-10(2)4-3-6-16-12/h3-8H,1-2H3,(H,15,17,19)(H,16,18,20). The van der Waals surface area contributed by atoms with E-state index in [1.165, 1.54) is 0 Å². The lowest BCUT2D eigenvalue weighted by molar-refractivity contribution is -0.133. The van der Waals surface area contributed by atoms with Crippen molar-refractivity contribution in [2.24, 2.45) is 0 Å². The summed E-state index contributed by atoms with van der Waals surface area (Å²) in [4.78, 5) is 31.5. The zero-order valence-electron chi connectivity index (χ0n) is 11.2. The molecule has 102 valence electrons. The van der Waals surface area contributed by atoms with Crippen LogP contribution in [0.1, 0.15) is 11.1 Å². The number of carbonyl (C=O) groups excluding carboxylic acids is 2. The van der Waals surface area contributed by atoms with Crippen molar-refractivity contribution in [1.82, 2.24) is 9.97 Å². The minimum Gasteiger partial charge on any atom is -0.302 e. The first-order valence-corrected chi connectivity index (χ1v) is 6.03. The Hall–Kier alpha value is -2.76. The second kappa shape index (κ2) is 5.92. The van der Waals surface area contributed by atoms with E-state index in [0.717, 1.165) is 11.1 Å². The third-order valence-corrected chi connectivity index (χ3v) is 2.60. The number of hydrogen-bond acceptors (Lipinski definition) is 4. The van der Waals surface area contributed by atoms with Gasteiger partial charge in [-0.15, -0.1) is 0 Å². The molecule has 0 atom stereocenters. The second-order valence-corrected chi connectivity index (χ2v) is 4.30. The molecule has 2 aromatic heterocycles. The quantitative estimate of drug-likeness (QED) is 0.813. The van der Waals surface area contributed by atoms with Crippen LogP contribution in [0.5, 0.6) is 0 Å². The molecule has 0 saturated carbocycles. The van der Waals surface area contributed by atoms with Crippen LogP contribution < -0.4 is 10.6 Å². The van der Waals surface area contributed by atoms with E-state index in [1.807, 2.05) is 6.92 Å². The summed E-state index contributed by atoms with van der Waals surface area (Å²) in [5, 5.41) is 4.89. The molecule has 0 spiro atoms. The minimum atomic E-state index is -0.784. The average molecular weight is 270 g/mol. The van der Waals surface area contributed by atoms with Gasteiger partial charge in [0.25, 0.3) is 0 Å². The van der Waals surface area contributed by atoms with Gasteiger partial charge in [0, 0.05) is 12.4 Å². The summed E-state index contributed by atoms with van der Waals surface area (Å²) in [6, 6.07) is 7.02. The molecule has 0 saturated heterocycles. The Balaban J connectivity index is 2.03. The number of aryl methyl sites for hydroxylation is 2. The van der Waals surface area contributed by atoms with E-state index in [4.69, 9.17) is 0 Å². The number of nitrogens with zero attached hydrogens (tertiary/aromatic N) is 2. The van der Waals surface area contributed by atoms with Crippen molar-refractivity contribution in [2.75, 3.05) is 10.6 Å². The number of hydrogen-bond donors (Lipinski definition) is 2. The number of amides is 2. The molecule has 0 radical (unpaired) electrons. The summed E-state index contributed by atoms with van der Waals surface area (Å²) in [5.41, 5.74) is 1.72. The molecule has 2 aromatic rings. The van der Waals surface area contributed by atoms with E-state index in [9.17, 15) is 9.59 Å². The lowest BCUT2D eigenvalue weighted by Gasteiger charge is -2.07. The first kappa shape index (κ1) is 13.7. The third kappa shape index (κ3) is 3.38. The maximum Gasteiger partial charge on any atom is 0.315 e. The monoisotopic (exact) mass is 270 g/mol. The summed E-state index contributed by atoms with van der Waals surface area (Å²) in [5.74, 6) is -0.865. The molecule has 0 aromatic carbocycles. The smallest absolute Gasteiger partial charge is 0.302 e. The summed E-state index contributed by atoms with van der Waals surface area (Å²) < 4.78 is 0. The van der Waals surface area contributed by atoms with Crippen molar-refractivity contribution >= 4 is 23.5 Å². The topological polar surface area (TPSA) is 84.0 Å². The fourth-order valence-corrected chi connectivity index (χ4v) is 1.56. The molecule has 0 fully saturated rings. The molecular formula is C14H14N4O2. The Morgan fingerprint density at radius 1 is 1.00 bits per heavy atom. The van der Waals surface area contributed by atoms with Crippen LogP contribution in [0.25, 0.3) is 0 Å². The highest BCUT2D eigenvalue weighted by molar-refractivity contribution is 6.43. The van der Waals surface area contributed by atoms with Gasteiger partial charge in [0.2, 0.25) is 0 Å². The van der Waals surface area contributed by atoms with Crippen LogP contribution >= 0.6 is 0 Å². The maximum absolute atomic E-state index is 11.8. The van der Waals surface area contributed by atoms with Crippen LogP contribution in [0.2, 0.25) is 0 Å². The third-order valence-electron chi connectivity index (χ3n) is 2.60. The zero-order chi connectivity index (χ0) is 14.5. The van der Waals surface area contributed by atoms with Gasteiger partial charge in [0.05, 0.1) is 0 Å². The van der Waals surface area contributed by atoms with Gasteiger partial charge >= 0.3 is 11.8 Å². The Morgan fingerprint density at radius 2 is 1.75 bits per heavy atom. The van der Waals surface area contributed by atoms with Crippen molar-refractivity contribution in [3.63, 3.8) is 0 Å². The Bertz CT molecular complexity index is 655. The number of carbonyl (C=O) groups is 2. The maximum atomic E-state index is 11.8. The van der Waals surface area contributed by atoms with E-state index in [1.54, 1.807) is 43.6 Å². The fraction of sp³-hybridized carbons (Fsp3) is 0.143. The van der Waals surface area contributed by atoms with Crippen molar-refractivity contribution in [2.45, 2.75) is 13.8 Å². The lowest BCUT2D eigenvalue weighted by atomic mass is 10.3. The minimum absolute atomic E-state index is 0.336. The van der Waals surface area contributed by atoms with Gasteiger partial charge in [-0.05, 0) is 43.2 Å². The van der Waals surface area contributed by atoms with Gasteiger partial charge in [0.1, 0.15) is 11.6 Å². The molecule has 0 unspecified atom stereocenters. The van der Waals surface area contributed by atoms with Gasteiger partial charge in [-0.2, -0.15) is 0 Å². The molecule has 2 rings (SSSR count). The predicted molar refractivity (Wildman–Crippen MR) is 75.2 cm³/mol. The van der Waals surface area contributed by atoms with Crippen molar-refractivity contribution in [1.29, 1.82) is 0 Å². The molecule has 2 N–H and O–H groups in total. The molecule has 20 heavy (non-hydrogen) atoms. The fourth-order valence-electron chi connectivity index (χ4n) is 1.56. The van der Waals surface area contributed by atoms with Gasteiger partial charge in [-0.3, -0.25) is 9.59 Å². The van der Waals surface area contributed by atoms with E-state index in [0.29, 0.717) is 11.6 Å². The summed E-state index contributed by atoms with van der Waals surface area (Å²) in [6.07, 6.45) is 3.11. The number of nitrogens with one attached hydrogen (secondary N) is 2. The molecule has 2 amide bonds. The predicted octanol–water partition coefficient (Wildman–Crippen LogP) is 1.67. The van der Waals surface area contributed by atoms with Crippen LogP contribution in [-0.2, 0) is 9.59 Å². The molecule has 0 bridgehead atoms. The molecular weight excluding hydrogens is 256 g/mol. The van der Waals surface area contributed by atoms with E-state index in [2.05, 4.69) is 20.6 Å². The molecule has 6 nitrogen and oxygen atoms in total. The lowest BCUT2D eigenvalue weighted by Crippen LogP contribution is -2.30. The average Bonchev–Trinajstić information content (AvgIpc) is 2.41. The molecule has 0 aliphatic heterocycles. The zero-order valence-corrected chi connectivity index (χ0v) is 11.2. The number of aromatic nitrogens is 2. The molecule has 6 heteroatoms. The number of rotatable bonds is 2. The number of pyridine rings is 2. The summed E-state index contributed by atoms with van der Waals surface area (Å²) in [7, 11) is 0. The first-order chi connectivity index (χ1) is 9.56. The van der Waals surface area contributed by atoms with Crippen molar-refractivity contribution in [3.8, 4) is 0 Å². The SMILES string of the molecule is Cc1ccnc(NC(=O)C(=O)Nc2ncccc2C)c1. The van der Waals surface area contributed by atoms with Crippen LogP contribution in [0.3, 0.4) is 0 Å². The molecule has 2 heterocycles. The van der Waals surface area contributed by atoms with Crippen LogP contribution in [0, 0.1) is 13.8 Å². The van der Waals surface area contributed by atoms with E-state index in [-0.39, 0.29) is 0 Å². The highest BCUT2D eigenvalue weighted by Gasteiger charge is 2.15. The van der Waals surface area contributed by atoms with E-state index < -0.39 is 11.8 Å². The van der Waals surface area contributed by atoms with Crippen LogP contribution in [-0.4, -0.2) is 21.8 Å². The second-order valence-electron chi connectivity index (χ2n) is 4.30. The first-order valence-electron chi connectivity index (χ1n) is 6.03. The van der Waals surface area contributed by atoms with Crippen molar-refractivity contribution in [3.05, 3.63) is 47.8 Å². The largest absolute Gasteiger partial charge is 0.315 e. The van der Waals surface area contributed by atoms with Gasteiger partial charge < -0.3 is 10.6 Å². The highest BCUT2D eigenvalue weighted by Crippen LogP contribution is 2.09. The van der Waals surface area contributed by atoms with Crippen molar-refractivity contribution < 1.29 is 9.59 Å². The Kier molecular flexibility index (Phi) is 4.05. The van der Waals surface area contributed by atoms with Gasteiger partial charge in [-0.1, -0.05) is 6.07 Å². The van der Waals surface area contributed by atoms with Gasteiger partial charge in [-0.25, -0.2) is 9.97 Å². The Morgan fingerprint density at radius 3 is 2.45 bits per heavy atom. The van der Waals surface area contributed by atoms with Crippen LogP contribution in [0.15, 0.2) is 36.7 Å². The highest BCUT2D eigenvalue weighted by atomic mass is 16.2. The Labute approximate surface area is 116 Å². The van der Waals surface area contributed by atoms with Crippen LogP contribution in [0.4, 0.5) is 11.6 Å². The summed E-state index contributed by atoms with van der Waals surface area (Å²) in [6.45, 7) is 3.66. The molecule has 0 aliphatic carbocycles. The summed E-state index contributed by atoms with van der Waals surface area (Å²) >= 11 is 0. The normalized spacial score (nSPS) is 9.90.